The lowest BCUT2D eigenvalue weighted by Crippen LogP contribution is -2.44. The zero-order valence-corrected chi connectivity index (χ0v) is 7.26. The Morgan fingerprint density at radius 1 is 1.55 bits per heavy atom. The molecule has 0 aliphatic heterocycles. The van der Waals surface area contributed by atoms with Gasteiger partial charge in [0.1, 0.15) is 6.04 Å². The van der Waals surface area contributed by atoms with Crippen LogP contribution in [0.5, 0.6) is 0 Å². The van der Waals surface area contributed by atoms with E-state index >= 15 is 0 Å². The average Bonchev–Trinajstić information content (AvgIpc) is 1.81. The second kappa shape index (κ2) is 4.23. The number of thiol groups is 1. The molecule has 0 aromatic carbocycles. The molecule has 1 amide bonds. The summed E-state index contributed by atoms with van der Waals surface area (Å²) in [6.45, 7) is 2.88. The Morgan fingerprint density at radius 2 is 2.00 bits per heavy atom. The van der Waals surface area contributed by atoms with Gasteiger partial charge in [-0.25, -0.2) is 4.79 Å². The van der Waals surface area contributed by atoms with Crippen molar-refractivity contribution in [3.63, 3.8) is 0 Å². The van der Waals surface area contributed by atoms with Gasteiger partial charge >= 0.3 is 5.97 Å². The molecule has 0 aromatic rings. The van der Waals surface area contributed by atoms with Crippen molar-refractivity contribution in [2.75, 3.05) is 0 Å². The minimum Gasteiger partial charge on any atom is -0.480 e. The van der Waals surface area contributed by atoms with Crippen molar-refractivity contribution < 1.29 is 14.7 Å². The molecule has 2 unspecified atom stereocenters. The Labute approximate surface area is 70.4 Å². The summed E-state index contributed by atoms with van der Waals surface area (Å²) >= 11 is 3.91. The molecule has 2 N–H and O–H groups in total. The maximum absolute atomic E-state index is 10.5. The molecule has 0 aliphatic rings. The Bertz CT molecular complexity index is 169. The van der Waals surface area contributed by atoms with E-state index in [9.17, 15) is 9.59 Å². The fourth-order valence-electron chi connectivity index (χ4n) is 0.608. The van der Waals surface area contributed by atoms with Crippen LogP contribution in [0.25, 0.3) is 0 Å². The first kappa shape index (κ1) is 10.3. The Hall–Kier alpha value is -0.710. The average molecular weight is 177 g/mol. The smallest absolute Gasteiger partial charge is 0.327 e. The van der Waals surface area contributed by atoms with Crippen molar-refractivity contribution in [1.29, 1.82) is 0 Å². The number of hydrogen-bond donors (Lipinski definition) is 3. The van der Waals surface area contributed by atoms with E-state index in [4.69, 9.17) is 5.11 Å². The molecule has 0 saturated carbocycles. The zero-order chi connectivity index (χ0) is 9.02. The minimum absolute atomic E-state index is 0.363. The van der Waals surface area contributed by atoms with E-state index in [1.165, 1.54) is 6.92 Å². The quantitative estimate of drug-likeness (QED) is 0.527. The third-order valence-electron chi connectivity index (χ3n) is 1.11. The number of nitrogens with one attached hydrogen (secondary N) is 1. The largest absolute Gasteiger partial charge is 0.480 e. The summed E-state index contributed by atoms with van der Waals surface area (Å²) in [5.41, 5.74) is 0. The van der Waals surface area contributed by atoms with Crippen LogP contribution in [0.3, 0.4) is 0 Å². The zero-order valence-electron chi connectivity index (χ0n) is 6.37. The predicted molar refractivity (Wildman–Crippen MR) is 43.7 cm³/mol. The third-order valence-corrected chi connectivity index (χ3v) is 1.41. The lowest BCUT2D eigenvalue weighted by atomic mass is 10.2. The molecule has 0 radical (unpaired) electrons. The first-order chi connectivity index (χ1) is 4.95. The molecule has 5 heteroatoms. The van der Waals surface area contributed by atoms with Crippen LogP contribution in [-0.2, 0) is 9.59 Å². The van der Waals surface area contributed by atoms with E-state index in [1.807, 2.05) is 0 Å². The van der Waals surface area contributed by atoms with Crippen LogP contribution in [0.2, 0.25) is 0 Å². The lowest BCUT2D eigenvalue weighted by molar-refractivity contribution is -0.141. The number of rotatable bonds is 3. The summed E-state index contributed by atoms with van der Waals surface area (Å²) in [7, 11) is 0. The SMILES string of the molecule is CC(=O)NC(C(=O)O)C(C)S. The number of carbonyl (C=O) groups is 2. The van der Waals surface area contributed by atoms with Gasteiger partial charge in [-0.3, -0.25) is 4.79 Å². The highest BCUT2D eigenvalue weighted by Crippen LogP contribution is 2.00. The van der Waals surface area contributed by atoms with E-state index in [1.54, 1.807) is 6.92 Å². The van der Waals surface area contributed by atoms with Crippen LogP contribution in [-0.4, -0.2) is 28.3 Å². The molecule has 0 fully saturated rings. The monoisotopic (exact) mass is 177 g/mol. The number of amides is 1. The van der Waals surface area contributed by atoms with Crippen molar-refractivity contribution in [2.45, 2.75) is 25.1 Å². The highest BCUT2D eigenvalue weighted by atomic mass is 32.1. The van der Waals surface area contributed by atoms with E-state index in [0.717, 1.165) is 0 Å². The van der Waals surface area contributed by atoms with Crippen molar-refractivity contribution in [1.82, 2.24) is 5.32 Å². The Morgan fingerprint density at radius 3 is 2.09 bits per heavy atom. The fraction of sp³-hybridized carbons (Fsp3) is 0.667. The predicted octanol–water partition coefficient (Wildman–Crippen LogP) is -0.106. The van der Waals surface area contributed by atoms with Gasteiger partial charge in [-0.2, -0.15) is 12.6 Å². The highest BCUT2D eigenvalue weighted by molar-refractivity contribution is 7.81. The van der Waals surface area contributed by atoms with Crippen LogP contribution >= 0.6 is 12.6 Å². The number of carbonyl (C=O) groups excluding carboxylic acids is 1. The normalized spacial score (nSPS) is 15.2. The van der Waals surface area contributed by atoms with E-state index in [0.29, 0.717) is 0 Å². The molecule has 0 rings (SSSR count). The van der Waals surface area contributed by atoms with Gasteiger partial charge in [-0.05, 0) is 0 Å². The first-order valence-corrected chi connectivity index (χ1v) is 3.64. The Balaban J connectivity index is 4.12. The van der Waals surface area contributed by atoms with Crippen LogP contribution in [0, 0.1) is 0 Å². The van der Waals surface area contributed by atoms with Gasteiger partial charge in [0.15, 0.2) is 0 Å². The van der Waals surface area contributed by atoms with Crippen molar-refractivity contribution in [3.8, 4) is 0 Å². The van der Waals surface area contributed by atoms with Gasteiger partial charge in [-0.1, -0.05) is 6.92 Å². The second-order valence-electron chi connectivity index (χ2n) is 2.26. The third kappa shape index (κ3) is 3.87. The molecule has 0 bridgehead atoms. The van der Waals surface area contributed by atoms with Gasteiger partial charge in [0, 0.05) is 12.2 Å². The van der Waals surface area contributed by atoms with Crippen LogP contribution in [0.4, 0.5) is 0 Å². The summed E-state index contributed by atoms with van der Waals surface area (Å²) in [5.74, 6) is -1.43. The summed E-state index contributed by atoms with van der Waals surface area (Å²) in [4.78, 5) is 20.9. The van der Waals surface area contributed by atoms with E-state index in [2.05, 4.69) is 17.9 Å². The molecule has 0 spiro atoms. The standard InChI is InChI=1S/C6H11NO3S/c1-3(11)5(6(9)10)7-4(2)8/h3,5,11H,1-2H3,(H,7,8)(H,9,10). The molecule has 0 heterocycles. The summed E-state index contributed by atoms with van der Waals surface area (Å²) in [6, 6.07) is -0.907. The summed E-state index contributed by atoms with van der Waals surface area (Å²) < 4.78 is 0. The van der Waals surface area contributed by atoms with Gasteiger partial charge < -0.3 is 10.4 Å². The molecule has 64 valence electrons. The minimum atomic E-state index is -1.07. The van der Waals surface area contributed by atoms with Crippen LogP contribution in [0.15, 0.2) is 0 Å². The summed E-state index contributed by atoms with van der Waals surface area (Å²) in [6.07, 6.45) is 0. The van der Waals surface area contributed by atoms with Crippen LogP contribution in [0.1, 0.15) is 13.8 Å². The molecule has 4 nitrogen and oxygen atoms in total. The fourth-order valence-corrected chi connectivity index (χ4v) is 0.810. The lowest BCUT2D eigenvalue weighted by Gasteiger charge is -2.15. The van der Waals surface area contributed by atoms with Crippen LogP contribution < -0.4 is 5.32 Å². The second-order valence-corrected chi connectivity index (χ2v) is 3.07. The van der Waals surface area contributed by atoms with Crippen molar-refractivity contribution in [2.24, 2.45) is 0 Å². The Kier molecular flexibility index (Phi) is 3.95. The molecule has 2 atom stereocenters. The molecule has 0 aromatic heterocycles. The first-order valence-electron chi connectivity index (χ1n) is 3.13. The van der Waals surface area contributed by atoms with Gasteiger partial charge in [-0.15, -0.1) is 0 Å². The van der Waals surface area contributed by atoms with E-state index in [-0.39, 0.29) is 5.91 Å². The maximum atomic E-state index is 10.5. The topological polar surface area (TPSA) is 66.4 Å². The molecule has 11 heavy (non-hydrogen) atoms. The number of carboxylic acids is 1. The van der Waals surface area contributed by atoms with Crippen molar-refractivity contribution >= 4 is 24.5 Å². The van der Waals surface area contributed by atoms with Crippen molar-refractivity contribution in [3.05, 3.63) is 0 Å². The molecular weight excluding hydrogens is 166 g/mol. The summed E-state index contributed by atoms with van der Waals surface area (Å²) in [5, 5.41) is 10.4. The molecule has 0 saturated heterocycles. The van der Waals surface area contributed by atoms with Gasteiger partial charge in [0.2, 0.25) is 5.91 Å². The maximum Gasteiger partial charge on any atom is 0.327 e. The molecular formula is C6H11NO3S. The van der Waals surface area contributed by atoms with E-state index < -0.39 is 17.3 Å². The number of hydrogen-bond acceptors (Lipinski definition) is 3. The number of carboxylic acid groups (broad SMARTS) is 1. The number of aliphatic carboxylic acids is 1. The van der Waals surface area contributed by atoms with Gasteiger partial charge in [0.25, 0.3) is 0 Å². The van der Waals surface area contributed by atoms with Gasteiger partial charge in [0.05, 0.1) is 0 Å². The molecule has 0 aliphatic carbocycles. The highest BCUT2D eigenvalue weighted by Gasteiger charge is 2.22.